The van der Waals surface area contributed by atoms with Crippen molar-refractivity contribution in [2.45, 2.75) is 39.5 Å². The molecule has 0 atom stereocenters. The first-order valence-electron chi connectivity index (χ1n) is 13.9. The number of amides is 2. The first kappa shape index (κ1) is 27.0. The lowest BCUT2D eigenvalue weighted by atomic mass is 10.1. The number of carbonyl (C=O) groups is 2. The molecule has 2 N–H and O–H groups in total. The second-order valence-electron chi connectivity index (χ2n) is 10.4. The van der Waals surface area contributed by atoms with Crippen molar-refractivity contribution in [3.63, 3.8) is 0 Å². The van der Waals surface area contributed by atoms with Crippen LogP contribution in [0.25, 0.3) is 45.1 Å². The second kappa shape index (κ2) is 11.7. The van der Waals surface area contributed by atoms with Gasteiger partial charge in [0.2, 0.25) is 23.6 Å². The highest BCUT2D eigenvalue weighted by Crippen LogP contribution is 2.27. The Morgan fingerprint density at radius 3 is 1.40 bits per heavy atom. The van der Waals surface area contributed by atoms with Gasteiger partial charge in [-0.2, -0.15) is 0 Å². The number of rotatable bonds is 9. The minimum absolute atomic E-state index is 0.0922. The maximum absolute atomic E-state index is 12.4. The molecule has 2 heterocycles. The molecule has 0 saturated carbocycles. The molecule has 8 heteroatoms. The SMILES string of the molecule is Cc1ccc2nc(-c3ccc(NC(=O)CCCCC(=O)Nc4ccc(-c5nc6ccc(C)cc6o5)cc4)cc3)oc2c1. The summed E-state index contributed by atoms with van der Waals surface area (Å²) >= 11 is 0. The first-order valence-corrected chi connectivity index (χ1v) is 13.9. The molecule has 0 unspecified atom stereocenters. The van der Waals surface area contributed by atoms with Gasteiger partial charge in [0.15, 0.2) is 11.2 Å². The summed E-state index contributed by atoms with van der Waals surface area (Å²) in [6, 6.07) is 26.6. The number of aryl methyl sites for hydroxylation is 2. The molecule has 2 aromatic heterocycles. The average molecular weight is 559 g/mol. The Balaban J connectivity index is 0.933. The van der Waals surface area contributed by atoms with E-state index in [0.29, 0.717) is 48.8 Å². The molecule has 210 valence electrons. The number of nitrogens with one attached hydrogen (secondary N) is 2. The van der Waals surface area contributed by atoms with Gasteiger partial charge in [0.25, 0.3) is 0 Å². The summed E-state index contributed by atoms with van der Waals surface area (Å²) in [5.41, 5.74) is 8.42. The minimum Gasteiger partial charge on any atom is -0.436 e. The van der Waals surface area contributed by atoms with E-state index in [1.807, 2.05) is 98.8 Å². The van der Waals surface area contributed by atoms with Gasteiger partial charge in [-0.15, -0.1) is 0 Å². The van der Waals surface area contributed by atoms with Crippen molar-refractivity contribution < 1.29 is 18.4 Å². The molecule has 0 fully saturated rings. The Bertz CT molecular complexity index is 1750. The van der Waals surface area contributed by atoms with E-state index in [1.165, 1.54) is 0 Å². The fraction of sp³-hybridized carbons (Fsp3) is 0.176. The normalized spacial score (nSPS) is 11.2. The molecule has 0 aliphatic rings. The van der Waals surface area contributed by atoms with Crippen LogP contribution in [0.15, 0.2) is 93.8 Å². The Morgan fingerprint density at radius 1 is 0.595 bits per heavy atom. The molecule has 2 amide bonds. The van der Waals surface area contributed by atoms with Crippen molar-refractivity contribution >= 4 is 45.4 Å². The minimum atomic E-state index is -0.0922. The number of aromatic nitrogens is 2. The van der Waals surface area contributed by atoms with Crippen LogP contribution in [0.4, 0.5) is 11.4 Å². The van der Waals surface area contributed by atoms with Crippen LogP contribution in [0.3, 0.4) is 0 Å². The quantitative estimate of drug-likeness (QED) is 0.174. The van der Waals surface area contributed by atoms with Gasteiger partial charge in [-0.05, 0) is 111 Å². The van der Waals surface area contributed by atoms with Crippen LogP contribution in [0, 0.1) is 13.8 Å². The van der Waals surface area contributed by atoms with Crippen molar-refractivity contribution in [3.05, 3.63) is 96.1 Å². The van der Waals surface area contributed by atoms with Gasteiger partial charge in [0, 0.05) is 35.3 Å². The number of nitrogens with zero attached hydrogens (tertiary/aromatic N) is 2. The van der Waals surface area contributed by atoms with Crippen LogP contribution in [0.5, 0.6) is 0 Å². The van der Waals surface area contributed by atoms with E-state index in [-0.39, 0.29) is 11.8 Å². The Hall–Kier alpha value is -5.24. The summed E-state index contributed by atoms with van der Waals surface area (Å²) < 4.78 is 11.8. The van der Waals surface area contributed by atoms with Crippen LogP contribution >= 0.6 is 0 Å². The van der Waals surface area contributed by atoms with E-state index in [9.17, 15) is 9.59 Å². The largest absolute Gasteiger partial charge is 0.436 e. The van der Waals surface area contributed by atoms with E-state index in [2.05, 4.69) is 20.6 Å². The van der Waals surface area contributed by atoms with Crippen LogP contribution in [0.2, 0.25) is 0 Å². The summed E-state index contributed by atoms with van der Waals surface area (Å²) in [7, 11) is 0. The molecular weight excluding hydrogens is 528 g/mol. The van der Waals surface area contributed by atoms with E-state index in [1.54, 1.807) is 0 Å². The number of carbonyl (C=O) groups excluding carboxylic acids is 2. The van der Waals surface area contributed by atoms with Crippen molar-refractivity contribution in [1.29, 1.82) is 0 Å². The number of fused-ring (bicyclic) bond motifs is 2. The lowest BCUT2D eigenvalue weighted by Gasteiger charge is -2.07. The fourth-order valence-corrected chi connectivity index (χ4v) is 4.72. The zero-order valence-corrected chi connectivity index (χ0v) is 23.4. The van der Waals surface area contributed by atoms with Gasteiger partial charge in [0.05, 0.1) is 0 Å². The number of hydrogen-bond donors (Lipinski definition) is 2. The predicted molar refractivity (Wildman–Crippen MR) is 164 cm³/mol. The van der Waals surface area contributed by atoms with Crippen LogP contribution in [0.1, 0.15) is 36.8 Å². The van der Waals surface area contributed by atoms with Gasteiger partial charge in [-0.25, -0.2) is 9.97 Å². The van der Waals surface area contributed by atoms with Crippen molar-refractivity contribution in [2.24, 2.45) is 0 Å². The second-order valence-corrected chi connectivity index (χ2v) is 10.4. The summed E-state index contributed by atoms with van der Waals surface area (Å²) in [5.74, 6) is 0.901. The standard InChI is InChI=1S/C34H30N4O4/c1-21-7-17-27-29(19-21)41-33(37-27)23-9-13-25(14-10-23)35-31(39)5-3-4-6-32(40)36-26-15-11-24(12-16-26)34-38-28-18-8-22(2)20-30(28)42-34/h7-20H,3-6H2,1-2H3,(H,35,39)(H,36,40). The molecule has 0 spiro atoms. The zero-order valence-electron chi connectivity index (χ0n) is 23.4. The lowest BCUT2D eigenvalue weighted by Crippen LogP contribution is -2.13. The molecular formula is C34H30N4O4. The fourth-order valence-electron chi connectivity index (χ4n) is 4.72. The summed E-state index contributed by atoms with van der Waals surface area (Å²) in [6.07, 6.45) is 1.88. The highest BCUT2D eigenvalue weighted by molar-refractivity contribution is 5.92. The third kappa shape index (κ3) is 6.23. The number of hydrogen-bond acceptors (Lipinski definition) is 6. The van der Waals surface area contributed by atoms with Crippen molar-refractivity contribution in [2.75, 3.05) is 10.6 Å². The highest BCUT2D eigenvalue weighted by atomic mass is 16.4. The lowest BCUT2D eigenvalue weighted by molar-refractivity contribution is -0.118. The molecule has 6 aromatic rings. The topological polar surface area (TPSA) is 110 Å². The van der Waals surface area contributed by atoms with Crippen LogP contribution in [-0.4, -0.2) is 21.8 Å². The Morgan fingerprint density at radius 2 is 1.00 bits per heavy atom. The van der Waals surface area contributed by atoms with Crippen molar-refractivity contribution in [3.8, 4) is 22.9 Å². The molecule has 0 aliphatic heterocycles. The van der Waals surface area contributed by atoms with Gasteiger partial charge in [-0.1, -0.05) is 12.1 Å². The molecule has 42 heavy (non-hydrogen) atoms. The molecule has 0 bridgehead atoms. The van der Waals surface area contributed by atoms with Gasteiger partial charge < -0.3 is 19.5 Å². The molecule has 0 radical (unpaired) electrons. The zero-order chi connectivity index (χ0) is 29.1. The number of oxazole rings is 2. The number of benzene rings is 4. The molecule has 0 saturated heterocycles. The van der Waals surface area contributed by atoms with E-state index in [0.717, 1.165) is 44.5 Å². The summed E-state index contributed by atoms with van der Waals surface area (Å²) in [5, 5.41) is 5.82. The molecule has 8 nitrogen and oxygen atoms in total. The molecule has 4 aromatic carbocycles. The summed E-state index contributed by atoms with van der Waals surface area (Å²) in [4.78, 5) is 33.9. The molecule has 6 rings (SSSR count). The first-order chi connectivity index (χ1) is 20.4. The number of unbranched alkanes of at least 4 members (excludes halogenated alkanes) is 1. The van der Waals surface area contributed by atoms with E-state index < -0.39 is 0 Å². The number of anilines is 2. The monoisotopic (exact) mass is 558 g/mol. The third-order valence-electron chi connectivity index (χ3n) is 6.98. The van der Waals surface area contributed by atoms with Gasteiger partial charge in [0.1, 0.15) is 11.0 Å². The highest BCUT2D eigenvalue weighted by Gasteiger charge is 2.11. The van der Waals surface area contributed by atoms with E-state index >= 15 is 0 Å². The molecule has 0 aliphatic carbocycles. The van der Waals surface area contributed by atoms with Gasteiger partial charge >= 0.3 is 0 Å². The maximum atomic E-state index is 12.4. The van der Waals surface area contributed by atoms with Crippen molar-refractivity contribution in [1.82, 2.24) is 9.97 Å². The third-order valence-corrected chi connectivity index (χ3v) is 6.98. The maximum Gasteiger partial charge on any atom is 0.227 e. The Kier molecular flexibility index (Phi) is 7.51. The van der Waals surface area contributed by atoms with E-state index in [4.69, 9.17) is 8.83 Å². The van der Waals surface area contributed by atoms with Crippen LogP contribution in [-0.2, 0) is 9.59 Å². The Labute approximate surface area is 242 Å². The average Bonchev–Trinajstić information content (AvgIpc) is 3.60. The predicted octanol–water partition coefficient (Wildman–Crippen LogP) is 8.06. The van der Waals surface area contributed by atoms with Crippen LogP contribution < -0.4 is 10.6 Å². The summed E-state index contributed by atoms with van der Waals surface area (Å²) in [6.45, 7) is 4.02. The smallest absolute Gasteiger partial charge is 0.227 e. The van der Waals surface area contributed by atoms with Gasteiger partial charge in [-0.3, -0.25) is 9.59 Å².